The van der Waals surface area contributed by atoms with E-state index in [-0.39, 0.29) is 6.10 Å². The molecule has 3 atom stereocenters. The molecule has 1 aromatic heterocycles. The van der Waals surface area contributed by atoms with Crippen LogP contribution in [-0.4, -0.2) is 21.0 Å². The lowest BCUT2D eigenvalue weighted by Gasteiger charge is -2.30. The molecule has 1 aliphatic carbocycles. The monoisotopic (exact) mass is 342 g/mol. The van der Waals surface area contributed by atoms with Gasteiger partial charge >= 0.3 is 0 Å². The molecule has 0 amide bonds. The highest BCUT2D eigenvalue weighted by molar-refractivity contribution is 9.10. The van der Waals surface area contributed by atoms with Crippen molar-refractivity contribution in [2.24, 2.45) is 11.8 Å². The fourth-order valence-corrected chi connectivity index (χ4v) is 4.13. The summed E-state index contributed by atoms with van der Waals surface area (Å²) in [7, 11) is 0. The van der Waals surface area contributed by atoms with E-state index in [2.05, 4.69) is 41.8 Å². The van der Waals surface area contributed by atoms with Crippen LogP contribution in [0.25, 0.3) is 0 Å². The van der Waals surface area contributed by atoms with Crippen molar-refractivity contribution in [1.82, 2.24) is 9.78 Å². The first kappa shape index (κ1) is 16.0. The maximum Gasteiger partial charge on any atom is 0.0766 e. The molecule has 3 unspecified atom stereocenters. The van der Waals surface area contributed by atoms with E-state index in [9.17, 15) is 5.11 Å². The van der Waals surface area contributed by atoms with Gasteiger partial charge < -0.3 is 5.11 Å². The van der Waals surface area contributed by atoms with E-state index in [1.54, 1.807) is 0 Å². The van der Waals surface area contributed by atoms with E-state index in [4.69, 9.17) is 0 Å². The zero-order valence-corrected chi connectivity index (χ0v) is 14.5. The lowest BCUT2D eigenvalue weighted by atomic mass is 9.78. The summed E-state index contributed by atoms with van der Waals surface area (Å²) in [5, 5.41) is 15.2. The lowest BCUT2D eigenvalue weighted by Crippen LogP contribution is -2.28. The molecular weight excluding hydrogens is 316 g/mol. The van der Waals surface area contributed by atoms with E-state index < -0.39 is 0 Å². The van der Waals surface area contributed by atoms with Crippen LogP contribution in [0.4, 0.5) is 0 Å². The van der Waals surface area contributed by atoms with Crippen LogP contribution >= 0.6 is 15.9 Å². The van der Waals surface area contributed by atoms with E-state index in [0.29, 0.717) is 5.92 Å². The van der Waals surface area contributed by atoms with Gasteiger partial charge in [-0.3, -0.25) is 4.68 Å². The second kappa shape index (κ2) is 7.08. The van der Waals surface area contributed by atoms with Gasteiger partial charge in [0.1, 0.15) is 0 Å². The Morgan fingerprint density at radius 2 is 2.15 bits per heavy atom. The zero-order chi connectivity index (χ0) is 14.7. The third-order valence-corrected chi connectivity index (χ3v) is 5.53. The van der Waals surface area contributed by atoms with Crippen LogP contribution < -0.4 is 0 Å². The molecule has 3 nitrogen and oxygen atoms in total. The largest absolute Gasteiger partial charge is 0.392 e. The van der Waals surface area contributed by atoms with E-state index in [1.807, 2.05) is 4.68 Å². The van der Waals surface area contributed by atoms with Crippen LogP contribution in [0.3, 0.4) is 0 Å². The lowest BCUT2D eigenvalue weighted by molar-refractivity contribution is 0.0702. The Morgan fingerprint density at radius 1 is 1.40 bits per heavy atom. The van der Waals surface area contributed by atoms with Crippen LogP contribution in [0.5, 0.6) is 0 Å². The molecule has 114 valence electrons. The van der Waals surface area contributed by atoms with Crippen molar-refractivity contribution in [3.8, 4) is 0 Å². The summed E-state index contributed by atoms with van der Waals surface area (Å²) >= 11 is 3.67. The Labute approximate surface area is 130 Å². The first-order chi connectivity index (χ1) is 9.56. The average Bonchev–Trinajstić information content (AvgIpc) is 2.75. The zero-order valence-electron chi connectivity index (χ0n) is 12.9. The normalized spacial score (nSPS) is 24.9. The quantitative estimate of drug-likeness (QED) is 0.879. The molecule has 0 aromatic carbocycles. The number of hydrogen-bond acceptors (Lipinski definition) is 2. The number of hydrogen-bond donors (Lipinski definition) is 1. The Kier molecular flexibility index (Phi) is 5.67. The maximum atomic E-state index is 10.6. The fraction of sp³-hybridized carbons (Fsp3) is 0.812. The van der Waals surface area contributed by atoms with Gasteiger partial charge in [0.15, 0.2) is 0 Å². The second-order valence-electron chi connectivity index (χ2n) is 6.18. The summed E-state index contributed by atoms with van der Waals surface area (Å²) in [4.78, 5) is 0. The molecule has 1 aromatic rings. The molecule has 1 N–H and O–H groups in total. The number of aromatic nitrogens is 2. The molecule has 0 bridgehead atoms. The van der Waals surface area contributed by atoms with E-state index >= 15 is 0 Å². The predicted molar refractivity (Wildman–Crippen MR) is 85.8 cm³/mol. The first-order valence-electron chi connectivity index (χ1n) is 7.98. The van der Waals surface area contributed by atoms with Crippen molar-refractivity contribution in [3.05, 3.63) is 15.9 Å². The van der Waals surface area contributed by atoms with Gasteiger partial charge in [0.25, 0.3) is 0 Å². The van der Waals surface area contributed by atoms with Gasteiger partial charge in [-0.2, -0.15) is 5.10 Å². The van der Waals surface area contributed by atoms with Crippen molar-refractivity contribution < 1.29 is 5.11 Å². The molecule has 0 saturated heterocycles. The molecule has 2 rings (SSSR count). The third-order valence-electron chi connectivity index (χ3n) is 4.62. The molecule has 0 radical (unpaired) electrons. The molecular formula is C16H27BrN2O. The van der Waals surface area contributed by atoms with Crippen LogP contribution in [0, 0.1) is 11.8 Å². The van der Waals surface area contributed by atoms with Crippen LogP contribution in [0.2, 0.25) is 0 Å². The predicted octanol–water partition coefficient (Wildman–Crippen LogP) is 3.96. The minimum absolute atomic E-state index is 0.235. The average molecular weight is 343 g/mol. The van der Waals surface area contributed by atoms with E-state index in [0.717, 1.165) is 41.2 Å². The molecule has 20 heavy (non-hydrogen) atoms. The van der Waals surface area contributed by atoms with Gasteiger partial charge in [-0.05, 0) is 54.0 Å². The topological polar surface area (TPSA) is 38.0 Å². The summed E-state index contributed by atoms with van der Waals surface area (Å²) in [6, 6.07) is 0. The van der Waals surface area contributed by atoms with Gasteiger partial charge in [-0.15, -0.1) is 0 Å². The summed E-state index contributed by atoms with van der Waals surface area (Å²) in [6.45, 7) is 7.40. The highest BCUT2D eigenvalue weighted by atomic mass is 79.9. The van der Waals surface area contributed by atoms with Crippen molar-refractivity contribution in [2.45, 2.75) is 71.9 Å². The molecule has 4 heteroatoms. The number of aliphatic hydroxyl groups is 1. The highest BCUT2D eigenvalue weighted by Gasteiger charge is 2.27. The smallest absolute Gasteiger partial charge is 0.0766 e. The van der Waals surface area contributed by atoms with Crippen LogP contribution in [0.1, 0.15) is 57.8 Å². The third kappa shape index (κ3) is 3.45. The van der Waals surface area contributed by atoms with Crippen molar-refractivity contribution in [2.75, 3.05) is 0 Å². The molecule has 1 aliphatic rings. The summed E-state index contributed by atoms with van der Waals surface area (Å²) in [5.41, 5.74) is 2.26. The Balaban J connectivity index is 2.10. The van der Waals surface area contributed by atoms with Gasteiger partial charge in [0.2, 0.25) is 0 Å². The minimum Gasteiger partial charge on any atom is -0.392 e. The SMILES string of the molecule is CCc1nn(CC)c(CC(O)C2CCCC(C)C2)c1Br. The second-order valence-corrected chi connectivity index (χ2v) is 6.97. The standard InChI is InChI=1S/C16H27BrN2O/c1-4-13-16(17)14(19(5-2)18-13)10-15(20)12-8-6-7-11(3)9-12/h11-12,15,20H,4-10H2,1-3H3. The molecule has 1 heterocycles. The van der Waals surface area contributed by atoms with E-state index in [1.165, 1.54) is 25.7 Å². The number of rotatable bonds is 5. The molecule has 1 saturated carbocycles. The van der Waals surface area contributed by atoms with Gasteiger partial charge in [0.05, 0.1) is 22.0 Å². The summed E-state index contributed by atoms with van der Waals surface area (Å²) in [6.07, 6.45) is 6.33. The number of halogens is 1. The Bertz CT molecular complexity index is 444. The summed E-state index contributed by atoms with van der Waals surface area (Å²) in [5.74, 6) is 1.21. The van der Waals surface area contributed by atoms with Crippen molar-refractivity contribution in [3.63, 3.8) is 0 Å². The number of nitrogens with zero attached hydrogens (tertiary/aromatic N) is 2. The molecule has 0 aliphatic heterocycles. The fourth-order valence-electron chi connectivity index (χ4n) is 3.41. The number of aliphatic hydroxyl groups excluding tert-OH is 1. The molecule has 0 spiro atoms. The highest BCUT2D eigenvalue weighted by Crippen LogP contribution is 2.33. The molecule has 1 fully saturated rings. The van der Waals surface area contributed by atoms with Crippen LogP contribution in [0.15, 0.2) is 4.47 Å². The van der Waals surface area contributed by atoms with Crippen LogP contribution in [-0.2, 0) is 19.4 Å². The number of aryl methyl sites for hydroxylation is 2. The maximum absolute atomic E-state index is 10.6. The van der Waals surface area contributed by atoms with Gasteiger partial charge in [-0.1, -0.05) is 26.7 Å². The van der Waals surface area contributed by atoms with Gasteiger partial charge in [-0.25, -0.2) is 0 Å². The minimum atomic E-state index is -0.235. The van der Waals surface area contributed by atoms with Gasteiger partial charge in [0, 0.05) is 13.0 Å². The van der Waals surface area contributed by atoms with Crippen molar-refractivity contribution >= 4 is 15.9 Å². The first-order valence-corrected chi connectivity index (χ1v) is 8.78. The van der Waals surface area contributed by atoms with Crippen molar-refractivity contribution in [1.29, 1.82) is 0 Å². The Morgan fingerprint density at radius 3 is 2.75 bits per heavy atom. The Hall–Kier alpha value is -0.350. The summed E-state index contributed by atoms with van der Waals surface area (Å²) < 4.78 is 3.14.